The maximum atomic E-state index is 11.6. The van der Waals surface area contributed by atoms with Crippen LogP contribution in [0, 0.1) is 5.92 Å². The molecule has 1 aliphatic carbocycles. The van der Waals surface area contributed by atoms with Crippen molar-refractivity contribution in [2.75, 3.05) is 0 Å². The van der Waals surface area contributed by atoms with Gasteiger partial charge in [-0.05, 0) is 46.5 Å². The predicted octanol–water partition coefficient (Wildman–Crippen LogP) is 2.66. The van der Waals surface area contributed by atoms with Gasteiger partial charge < -0.3 is 14.8 Å². The molecule has 4 nitrogen and oxygen atoms in total. The van der Waals surface area contributed by atoms with Crippen LogP contribution < -0.4 is 5.32 Å². The molecule has 0 aromatic heterocycles. The van der Waals surface area contributed by atoms with Crippen molar-refractivity contribution in [3.05, 3.63) is 0 Å². The fraction of sp³-hybridized carbons (Fsp3) is 0.846. The Bertz CT molecular complexity index is 294. The Morgan fingerprint density at radius 3 is 2.47 bits per heavy atom. The Morgan fingerprint density at radius 1 is 1.29 bits per heavy atom. The fourth-order valence-electron chi connectivity index (χ4n) is 2.30. The lowest BCUT2D eigenvalue weighted by molar-refractivity contribution is -0.118. The fourth-order valence-corrected chi connectivity index (χ4v) is 2.30. The van der Waals surface area contributed by atoms with Crippen molar-refractivity contribution in [3.63, 3.8) is 0 Å². The van der Waals surface area contributed by atoms with E-state index in [0.29, 0.717) is 6.42 Å². The number of Topliss-reactive ketones (excluding diaryl/α,β-unsaturated/α-hetero) is 1. The molecule has 0 heterocycles. The van der Waals surface area contributed by atoms with E-state index in [9.17, 15) is 9.59 Å². The maximum Gasteiger partial charge on any atom is 0.407 e. The molecule has 1 N–H and O–H groups in total. The Hall–Kier alpha value is -1.06. The molecular formula is C13H23NO3. The number of rotatable bonds is 3. The summed E-state index contributed by atoms with van der Waals surface area (Å²) in [4.78, 5) is 22.7. The van der Waals surface area contributed by atoms with Crippen molar-refractivity contribution in [3.8, 4) is 0 Å². The van der Waals surface area contributed by atoms with Gasteiger partial charge in [0.1, 0.15) is 11.4 Å². The molecule has 0 spiro atoms. The van der Waals surface area contributed by atoms with Crippen LogP contribution in [0.4, 0.5) is 4.79 Å². The molecule has 0 unspecified atom stereocenters. The highest BCUT2D eigenvalue weighted by Crippen LogP contribution is 2.28. The third-order valence-corrected chi connectivity index (χ3v) is 2.91. The zero-order chi connectivity index (χ0) is 13.1. The molecular weight excluding hydrogens is 218 g/mol. The third kappa shape index (κ3) is 5.20. The largest absolute Gasteiger partial charge is 0.444 e. The molecule has 17 heavy (non-hydrogen) atoms. The molecule has 0 radical (unpaired) electrons. The summed E-state index contributed by atoms with van der Waals surface area (Å²) in [5.41, 5.74) is -0.473. The zero-order valence-electron chi connectivity index (χ0n) is 11.2. The van der Waals surface area contributed by atoms with Gasteiger partial charge in [0, 0.05) is 12.5 Å². The number of hydrogen-bond acceptors (Lipinski definition) is 3. The smallest absolute Gasteiger partial charge is 0.407 e. The second kappa shape index (κ2) is 5.52. The number of amides is 1. The minimum absolute atomic E-state index is 0.0914. The first-order valence-electron chi connectivity index (χ1n) is 6.27. The summed E-state index contributed by atoms with van der Waals surface area (Å²) >= 11 is 0. The highest BCUT2D eigenvalue weighted by molar-refractivity contribution is 5.76. The van der Waals surface area contributed by atoms with Crippen LogP contribution in [0.3, 0.4) is 0 Å². The van der Waals surface area contributed by atoms with Gasteiger partial charge >= 0.3 is 6.09 Å². The number of ketones is 1. The van der Waals surface area contributed by atoms with E-state index in [-0.39, 0.29) is 23.8 Å². The number of alkyl carbamates (subject to hydrolysis) is 1. The van der Waals surface area contributed by atoms with Crippen LogP contribution in [0.25, 0.3) is 0 Å². The number of hydrogen-bond donors (Lipinski definition) is 1. The molecule has 1 aliphatic rings. The first kappa shape index (κ1) is 14.0. The van der Waals surface area contributed by atoms with E-state index in [1.165, 1.54) is 0 Å². The molecule has 0 bridgehead atoms. The van der Waals surface area contributed by atoms with E-state index in [1.54, 1.807) is 6.92 Å². The van der Waals surface area contributed by atoms with Crippen LogP contribution in [0.15, 0.2) is 0 Å². The summed E-state index contributed by atoms with van der Waals surface area (Å²) in [6, 6.07) is 0.0914. The Balaban J connectivity index is 2.44. The van der Waals surface area contributed by atoms with Crippen LogP contribution >= 0.6 is 0 Å². The van der Waals surface area contributed by atoms with Gasteiger partial charge in [0.25, 0.3) is 0 Å². The van der Waals surface area contributed by atoms with Crippen molar-refractivity contribution in [1.82, 2.24) is 5.32 Å². The quantitative estimate of drug-likeness (QED) is 0.826. The van der Waals surface area contributed by atoms with Gasteiger partial charge in [0.05, 0.1) is 0 Å². The number of carbonyl (C=O) groups is 2. The normalized spacial score (nSPS) is 24.5. The second-order valence-electron chi connectivity index (χ2n) is 5.85. The van der Waals surface area contributed by atoms with E-state index in [4.69, 9.17) is 4.74 Å². The molecule has 1 fully saturated rings. The lowest BCUT2D eigenvalue weighted by Crippen LogP contribution is -2.41. The Labute approximate surface area is 103 Å². The maximum absolute atomic E-state index is 11.6. The molecule has 1 amide bonds. The van der Waals surface area contributed by atoms with Crippen LogP contribution in [-0.2, 0) is 9.53 Å². The van der Waals surface area contributed by atoms with E-state index < -0.39 is 5.60 Å². The van der Waals surface area contributed by atoms with Crippen molar-refractivity contribution >= 4 is 11.9 Å². The van der Waals surface area contributed by atoms with Gasteiger partial charge in [0.15, 0.2) is 0 Å². The van der Waals surface area contributed by atoms with E-state index in [2.05, 4.69) is 5.32 Å². The molecule has 4 heteroatoms. The van der Waals surface area contributed by atoms with Crippen LogP contribution in [0.2, 0.25) is 0 Å². The molecule has 1 rings (SSSR count). The minimum atomic E-state index is -0.473. The summed E-state index contributed by atoms with van der Waals surface area (Å²) in [6.45, 7) is 7.12. The van der Waals surface area contributed by atoms with Crippen molar-refractivity contribution in [1.29, 1.82) is 0 Å². The average molecular weight is 241 g/mol. The Morgan fingerprint density at radius 2 is 1.94 bits per heavy atom. The molecule has 0 aromatic rings. The number of ether oxygens (including phenoxy) is 1. The minimum Gasteiger partial charge on any atom is -0.444 e. The third-order valence-electron chi connectivity index (χ3n) is 2.91. The summed E-state index contributed by atoms with van der Waals surface area (Å²) in [6.07, 6.45) is 3.20. The topological polar surface area (TPSA) is 55.4 Å². The lowest BCUT2D eigenvalue weighted by atomic mass is 9.97. The highest BCUT2D eigenvalue weighted by Gasteiger charge is 2.30. The molecule has 2 atom stereocenters. The van der Waals surface area contributed by atoms with E-state index in [0.717, 1.165) is 19.3 Å². The van der Waals surface area contributed by atoms with Gasteiger partial charge in [-0.2, -0.15) is 0 Å². The molecule has 0 saturated heterocycles. The van der Waals surface area contributed by atoms with Crippen molar-refractivity contribution in [2.45, 2.75) is 65.0 Å². The summed E-state index contributed by atoms with van der Waals surface area (Å²) in [7, 11) is 0. The first-order valence-corrected chi connectivity index (χ1v) is 6.27. The summed E-state index contributed by atoms with van der Waals surface area (Å²) in [5, 5.41) is 2.88. The second-order valence-corrected chi connectivity index (χ2v) is 5.85. The summed E-state index contributed by atoms with van der Waals surface area (Å²) in [5.74, 6) is 0.466. The first-order chi connectivity index (χ1) is 7.78. The predicted molar refractivity (Wildman–Crippen MR) is 65.8 cm³/mol. The zero-order valence-corrected chi connectivity index (χ0v) is 11.2. The molecule has 1 saturated carbocycles. The van der Waals surface area contributed by atoms with Gasteiger partial charge in [0.2, 0.25) is 0 Å². The average Bonchev–Trinajstić information content (AvgIpc) is 2.47. The van der Waals surface area contributed by atoms with Crippen molar-refractivity contribution in [2.24, 2.45) is 5.92 Å². The van der Waals surface area contributed by atoms with Gasteiger partial charge in [-0.1, -0.05) is 6.42 Å². The summed E-state index contributed by atoms with van der Waals surface area (Å²) < 4.78 is 5.22. The van der Waals surface area contributed by atoms with Gasteiger partial charge in [-0.3, -0.25) is 0 Å². The number of nitrogens with one attached hydrogen (secondary N) is 1. The van der Waals surface area contributed by atoms with Crippen molar-refractivity contribution < 1.29 is 14.3 Å². The molecule has 0 aromatic carbocycles. The standard InChI is InChI=1S/C13H23NO3/c1-9(15)8-10-6-5-7-11(10)14-12(16)17-13(2,3)4/h10-11H,5-8H2,1-4H3,(H,14,16)/t10-,11-/m1/s1. The van der Waals surface area contributed by atoms with Gasteiger partial charge in [-0.25, -0.2) is 4.79 Å². The van der Waals surface area contributed by atoms with Gasteiger partial charge in [-0.15, -0.1) is 0 Å². The van der Waals surface area contributed by atoms with Crippen LogP contribution in [0.5, 0.6) is 0 Å². The van der Waals surface area contributed by atoms with E-state index in [1.807, 2.05) is 20.8 Å². The monoisotopic (exact) mass is 241 g/mol. The van der Waals surface area contributed by atoms with Crippen LogP contribution in [-0.4, -0.2) is 23.5 Å². The van der Waals surface area contributed by atoms with Crippen LogP contribution in [0.1, 0.15) is 53.4 Å². The van der Waals surface area contributed by atoms with E-state index >= 15 is 0 Å². The number of carbonyl (C=O) groups excluding carboxylic acids is 2. The highest BCUT2D eigenvalue weighted by atomic mass is 16.6. The SMILES string of the molecule is CC(=O)C[C@H]1CCC[C@H]1NC(=O)OC(C)(C)C. The lowest BCUT2D eigenvalue weighted by Gasteiger charge is -2.24. The Kier molecular flexibility index (Phi) is 4.54. The molecule has 98 valence electrons. The molecule has 0 aliphatic heterocycles.